The predicted octanol–water partition coefficient (Wildman–Crippen LogP) is 4.86. The zero-order valence-electron chi connectivity index (χ0n) is 21.9. The fourth-order valence-electron chi connectivity index (χ4n) is 6.79. The number of hydrogen-bond acceptors (Lipinski definition) is 4. The summed E-state index contributed by atoms with van der Waals surface area (Å²) in [6.07, 6.45) is 15.8. The Morgan fingerprint density at radius 2 is 1.40 bits per heavy atom. The first kappa shape index (κ1) is 26.9. The van der Waals surface area contributed by atoms with Gasteiger partial charge in [0.25, 0.3) is 0 Å². The topological polar surface area (TPSA) is 83.6 Å². The van der Waals surface area contributed by atoms with Gasteiger partial charge in [0.2, 0.25) is 11.8 Å². The fourth-order valence-corrected chi connectivity index (χ4v) is 9.05. The maximum atomic E-state index is 13.1. The van der Waals surface area contributed by atoms with Crippen LogP contribution in [0.25, 0.3) is 0 Å². The molecule has 0 bridgehead atoms. The molecule has 0 aromatic rings. The number of sulfone groups is 1. The van der Waals surface area contributed by atoms with Crippen LogP contribution in [0.5, 0.6) is 0 Å². The van der Waals surface area contributed by atoms with E-state index < -0.39 is 9.84 Å². The molecule has 0 atom stereocenters. The van der Waals surface area contributed by atoms with Crippen LogP contribution in [0.15, 0.2) is 0 Å². The van der Waals surface area contributed by atoms with Crippen LogP contribution in [0.1, 0.15) is 110 Å². The first-order valence-electron chi connectivity index (χ1n) is 14.6. The molecule has 2 amide bonds. The van der Waals surface area contributed by atoms with E-state index in [1.165, 1.54) is 32.1 Å². The molecule has 4 aliphatic carbocycles. The summed E-state index contributed by atoms with van der Waals surface area (Å²) in [4.78, 5) is 27.9. The number of rotatable bonds is 10. The summed E-state index contributed by atoms with van der Waals surface area (Å²) in [5.74, 6) is 2.32. The Morgan fingerprint density at radius 1 is 0.771 bits per heavy atom. The quantitative estimate of drug-likeness (QED) is 0.457. The van der Waals surface area contributed by atoms with Gasteiger partial charge in [-0.15, -0.1) is 0 Å². The van der Waals surface area contributed by atoms with Gasteiger partial charge < -0.3 is 10.2 Å². The minimum Gasteiger partial charge on any atom is -0.353 e. The third kappa shape index (κ3) is 7.93. The molecule has 0 aromatic heterocycles. The van der Waals surface area contributed by atoms with E-state index in [2.05, 4.69) is 17.1 Å². The second-order valence-electron chi connectivity index (χ2n) is 12.1. The van der Waals surface area contributed by atoms with Crippen molar-refractivity contribution in [3.63, 3.8) is 0 Å². The van der Waals surface area contributed by atoms with Gasteiger partial charge in [-0.05, 0) is 102 Å². The van der Waals surface area contributed by atoms with Gasteiger partial charge in [0, 0.05) is 31.5 Å². The molecular formula is C28H48N2O4S. The van der Waals surface area contributed by atoms with Crippen LogP contribution in [0.3, 0.4) is 0 Å². The van der Waals surface area contributed by atoms with E-state index in [1.54, 1.807) is 0 Å². The van der Waals surface area contributed by atoms with Crippen LogP contribution >= 0.6 is 0 Å². The average Bonchev–Trinajstić information content (AvgIpc) is 3.67. The molecule has 0 aromatic carbocycles. The van der Waals surface area contributed by atoms with Gasteiger partial charge >= 0.3 is 0 Å². The van der Waals surface area contributed by atoms with Crippen molar-refractivity contribution in [3.05, 3.63) is 0 Å². The van der Waals surface area contributed by atoms with Crippen LogP contribution in [0.2, 0.25) is 0 Å². The molecule has 0 saturated heterocycles. The van der Waals surface area contributed by atoms with Gasteiger partial charge in [0.15, 0.2) is 9.84 Å². The van der Waals surface area contributed by atoms with Crippen LogP contribution in [0, 0.1) is 23.7 Å². The molecule has 0 unspecified atom stereocenters. The third-order valence-corrected chi connectivity index (χ3v) is 11.7. The first-order valence-corrected chi connectivity index (χ1v) is 16.3. The third-order valence-electron chi connectivity index (χ3n) is 9.28. The van der Waals surface area contributed by atoms with Gasteiger partial charge in [0.1, 0.15) is 0 Å². The summed E-state index contributed by atoms with van der Waals surface area (Å²) in [5, 5.41) is 3.04. The van der Waals surface area contributed by atoms with E-state index in [-0.39, 0.29) is 23.1 Å². The summed E-state index contributed by atoms with van der Waals surface area (Å²) in [6, 6.07) is 0.176. The molecule has 35 heavy (non-hydrogen) atoms. The zero-order valence-corrected chi connectivity index (χ0v) is 22.7. The number of nitrogens with one attached hydrogen (secondary N) is 1. The number of nitrogens with zero attached hydrogens (tertiary/aromatic N) is 1. The average molecular weight is 509 g/mol. The van der Waals surface area contributed by atoms with Gasteiger partial charge in [-0.3, -0.25) is 9.59 Å². The molecule has 0 radical (unpaired) electrons. The Kier molecular flexibility index (Phi) is 9.56. The second-order valence-corrected chi connectivity index (χ2v) is 14.4. The highest BCUT2D eigenvalue weighted by molar-refractivity contribution is 7.92. The van der Waals surface area contributed by atoms with Crippen molar-refractivity contribution in [3.8, 4) is 0 Å². The number of hydrogen-bond donors (Lipinski definition) is 1. The SMILES string of the molecule is CCN(CC1CCCCC1)C(=O)C1CCC(NC(=O)CC2CCC(S(=O)(=O)CC3CC3)CC2)CC1. The Labute approximate surface area is 213 Å². The summed E-state index contributed by atoms with van der Waals surface area (Å²) in [7, 11) is -2.96. The molecule has 4 saturated carbocycles. The summed E-state index contributed by atoms with van der Waals surface area (Å²) in [5.41, 5.74) is 0. The minimum atomic E-state index is -2.96. The highest BCUT2D eigenvalue weighted by atomic mass is 32.2. The Balaban J connectivity index is 1.14. The number of amides is 2. The molecule has 4 aliphatic rings. The van der Waals surface area contributed by atoms with Crippen molar-refractivity contribution >= 4 is 21.7 Å². The maximum absolute atomic E-state index is 13.1. The maximum Gasteiger partial charge on any atom is 0.225 e. The second kappa shape index (κ2) is 12.4. The molecule has 200 valence electrons. The van der Waals surface area contributed by atoms with E-state index in [9.17, 15) is 18.0 Å². The highest BCUT2D eigenvalue weighted by Gasteiger charge is 2.36. The number of carbonyl (C=O) groups is 2. The molecule has 1 N–H and O–H groups in total. The first-order chi connectivity index (χ1) is 16.8. The lowest BCUT2D eigenvalue weighted by Gasteiger charge is -2.34. The lowest BCUT2D eigenvalue weighted by Crippen LogP contribution is -2.44. The van der Waals surface area contributed by atoms with E-state index in [0.29, 0.717) is 35.8 Å². The van der Waals surface area contributed by atoms with Crippen LogP contribution < -0.4 is 5.32 Å². The standard InChI is InChI=1S/C28H48N2O4S/c1-2-30(19-22-6-4-3-5-7-22)28(32)24-12-14-25(15-13-24)29-27(31)18-21-10-16-26(17-11-21)35(33,34)20-23-8-9-23/h21-26H,2-20H2,1H3,(H,29,31). The van der Waals surface area contributed by atoms with Crippen molar-refractivity contribution in [2.75, 3.05) is 18.8 Å². The number of carbonyl (C=O) groups excluding carboxylic acids is 2. The van der Waals surface area contributed by atoms with Crippen molar-refractivity contribution in [2.45, 2.75) is 121 Å². The van der Waals surface area contributed by atoms with E-state index in [1.807, 2.05) is 0 Å². The van der Waals surface area contributed by atoms with Gasteiger partial charge in [0.05, 0.1) is 11.0 Å². The van der Waals surface area contributed by atoms with Gasteiger partial charge in [-0.1, -0.05) is 19.3 Å². The molecule has 0 spiro atoms. The van der Waals surface area contributed by atoms with Gasteiger partial charge in [-0.2, -0.15) is 0 Å². The molecule has 0 heterocycles. The smallest absolute Gasteiger partial charge is 0.225 e. The van der Waals surface area contributed by atoms with Crippen molar-refractivity contribution < 1.29 is 18.0 Å². The molecular weight excluding hydrogens is 460 g/mol. The normalized spacial score (nSPS) is 30.5. The van der Waals surface area contributed by atoms with Crippen LogP contribution in [-0.4, -0.2) is 55.3 Å². The van der Waals surface area contributed by atoms with Crippen molar-refractivity contribution in [1.29, 1.82) is 0 Å². The Bertz CT molecular complexity index is 803. The molecule has 4 fully saturated rings. The predicted molar refractivity (Wildman–Crippen MR) is 140 cm³/mol. The molecule has 7 heteroatoms. The monoisotopic (exact) mass is 508 g/mol. The van der Waals surface area contributed by atoms with E-state index in [0.717, 1.165) is 77.3 Å². The fraction of sp³-hybridized carbons (Fsp3) is 0.929. The molecule has 6 nitrogen and oxygen atoms in total. The van der Waals surface area contributed by atoms with Crippen molar-refractivity contribution in [2.24, 2.45) is 23.7 Å². The van der Waals surface area contributed by atoms with Gasteiger partial charge in [-0.25, -0.2) is 8.42 Å². The lowest BCUT2D eigenvalue weighted by atomic mass is 9.83. The van der Waals surface area contributed by atoms with E-state index in [4.69, 9.17) is 0 Å². The summed E-state index contributed by atoms with van der Waals surface area (Å²) < 4.78 is 25.1. The summed E-state index contributed by atoms with van der Waals surface area (Å²) >= 11 is 0. The van der Waals surface area contributed by atoms with Crippen molar-refractivity contribution in [1.82, 2.24) is 10.2 Å². The van der Waals surface area contributed by atoms with Crippen LogP contribution in [0.4, 0.5) is 0 Å². The highest BCUT2D eigenvalue weighted by Crippen LogP contribution is 2.36. The Hall–Kier alpha value is -1.11. The lowest BCUT2D eigenvalue weighted by molar-refractivity contribution is -0.137. The van der Waals surface area contributed by atoms with Crippen LogP contribution in [-0.2, 0) is 19.4 Å². The minimum absolute atomic E-state index is 0.108. The zero-order chi connectivity index (χ0) is 24.8. The van der Waals surface area contributed by atoms with E-state index >= 15 is 0 Å². The largest absolute Gasteiger partial charge is 0.353 e. The molecule has 4 rings (SSSR count). The Morgan fingerprint density at radius 3 is 2.00 bits per heavy atom. The molecule has 0 aliphatic heterocycles. The summed E-state index contributed by atoms with van der Waals surface area (Å²) in [6.45, 7) is 3.83.